The minimum absolute atomic E-state index is 0.645. The number of benzene rings is 9. The first-order valence-corrected chi connectivity index (χ1v) is 19.6. The second kappa shape index (κ2) is 12.8. The number of fused-ring (bicyclic) bond motifs is 9. The van der Waals surface area contributed by atoms with Gasteiger partial charge in [-0.3, -0.25) is 0 Å². The van der Waals surface area contributed by atoms with E-state index >= 15 is 0 Å². The maximum Gasteiger partial charge on any atom is 0.164 e. The van der Waals surface area contributed by atoms with Gasteiger partial charge in [0.1, 0.15) is 0 Å². The van der Waals surface area contributed by atoms with E-state index in [1.54, 1.807) is 0 Å². The zero-order valence-corrected chi connectivity index (χ0v) is 31.3. The van der Waals surface area contributed by atoms with Crippen molar-refractivity contribution in [2.45, 2.75) is 0 Å². The Bertz CT molecular complexity index is 3490. The minimum Gasteiger partial charge on any atom is -0.309 e. The normalized spacial score (nSPS) is 11.8. The first kappa shape index (κ1) is 32.4. The molecule has 58 heavy (non-hydrogen) atoms. The van der Waals surface area contributed by atoms with Crippen molar-refractivity contribution in [3.05, 3.63) is 200 Å². The van der Waals surface area contributed by atoms with Crippen LogP contribution in [0.2, 0.25) is 0 Å². The van der Waals surface area contributed by atoms with E-state index in [9.17, 15) is 0 Å². The van der Waals surface area contributed by atoms with Gasteiger partial charge in [0.05, 0.1) is 22.1 Å². The number of hydrogen-bond donors (Lipinski definition) is 0. The fraction of sp³-hybridized carbons (Fsp3) is 0. The Morgan fingerprint density at radius 2 is 0.810 bits per heavy atom. The monoisotopic (exact) mass is 739 g/mol. The van der Waals surface area contributed by atoms with Gasteiger partial charge in [0.25, 0.3) is 0 Å². The molecule has 0 N–H and O–H groups in total. The van der Waals surface area contributed by atoms with Crippen molar-refractivity contribution in [3.8, 4) is 45.5 Å². The lowest BCUT2D eigenvalue weighted by Crippen LogP contribution is -2.00. The van der Waals surface area contributed by atoms with Gasteiger partial charge in [0, 0.05) is 49.6 Å². The number of rotatable bonds is 5. The zero-order chi connectivity index (χ0) is 38.2. The molecule has 0 aliphatic rings. The molecule has 0 aliphatic heterocycles. The number of nitrogens with zero attached hydrogens (tertiary/aromatic N) is 5. The lowest BCUT2D eigenvalue weighted by atomic mass is 10.0. The Morgan fingerprint density at radius 1 is 0.276 bits per heavy atom. The van der Waals surface area contributed by atoms with E-state index < -0.39 is 0 Å². The summed E-state index contributed by atoms with van der Waals surface area (Å²) in [5.41, 5.74) is 9.87. The van der Waals surface area contributed by atoms with Gasteiger partial charge in [-0.25, -0.2) is 15.0 Å². The summed E-state index contributed by atoms with van der Waals surface area (Å²) in [6.45, 7) is 0. The van der Waals surface area contributed by atoms with Crippen LogP contribution in [0.3, 0.4) is 0 Å². The molecule has 0 radical (unpaired) electrons. The third-order valence-electron chi connectivity index (χ3n) is 11.5. The van der Waals surface area contributed by atoms with Crippen LogP contribution in [-0.2, 0) is 0 Å². The summed E-state index contributed by atoms with van der Waals surface area (Å²) >= 11 is 0. The van der Waals surface area contributed by atoms with Gasteiger partial charge in [0.2, 0.25) is 0 Å². The summed E-state index contributed by atoms with van der Waals surface area (Å²) in [5, 5.41) is 9.68. The van der Waals surface area contributed by atoms with Crippen LogP contribution >= 0.6 is 0 Å². The van der Waals surface area contributed by atoms with E-state index in [-0.39, 0.29) is 0 Å². The molecule has 0 saturated carbocycles. The highest BCUT2D eigenvalue weighted by molar-refractivity contribution is 6.25. The van der Waals surface area contributed by atoms with Gasteiger partial charge >= 0.3 is 0 Å². The smallest absolute Gasteiger partial charge is 0.164 e. The van der Waals surface area contributed by atoms with Gasteiger partial charge in [-0.2, -0.15) is 0 Å². The van der Waals surface area contributed by atoms with E-state index in [1.807, 2.05) is 60.7 Å². The van der Waals surface area contributed by atoms with Crippen LogP contribution in [-0.4, -0.2) is 24.1 Å². The molecule has 0 spiro atoms. The highest BCUT2D eigenvalue weighted by Crippen LogP contribution is 2.42. The maximum absolute atomic E-state index is 5.00. The first-order valence-electron chi connectivity index (χ1n) is 19.6. The van der Waals surface area contributed by atoms with E-state index in [4.69, 9.17) is 15.0 Å². The van der Waals surface area contributed by atoms with Gasteiger partial charge < -0.3 is 9.13 Å². The van der Waals surface area contributed by atoms with Crippen LogP contribution in [0.25, 0.3) is 111 Å². The Kier molecular flexibility index (Phi) is 7.16. The van der Waals surface area contributed by atoms with Crippen molar-refractivity contribution < 1.29 is 0 Å². The third-order valence-corrected chi connectivity index (χ3v) is 11.5. The van der Waals surface area contributed by atoms with Gasteiger partial charge in [-0.1, -0.05) is 146 Å². The average molecular weight is 740 g/mol. The van der Waals surface area contributed by atoms with E-state index in [2.05, 4.69) is 149 Å². The predicted molar refractivity (Wildman–Crippen MR) is 240 cm³/mol. The summed E-state index contributed by atoms with van der Waals surface area (Å²) in [6.07, 6.45) is 0. The average Bonchev–Trinajstić information content (AvgIpc) is 3.80. The summed E-state index contributed by atoms with van der Waals surface area (Å²) in [5.74, 6) is 1.95. The molecule has 0 atom stereocenters. The standard InChI is InChI=1S/C53H33N5/c1-4-15-35(16-5-1)51-54-52(36-17-6-2-7-18-36)56-53(55-51)39-25-24-38-31-41(28-26-37(38)30-39)58-47-29-27-34-14-10-11-21-42(34)50(47)45-33-48-44(32-49(45)58)43-22-12-13-23-46(43)57(48)40-19-8-3-9-20-40/h1-33H. The largest absolute Gasteiger partial charge is 0.309 e. The molecule has 0 bridgehead atoms. The van der Waals surface area contributed by atoms with Crippen LogP contribution in [0.4, 0.5) is 0 Å². The van der Waals surface area contributed by atoms with Crippen molar-refractivity contribution in [2.24, 2.45) is 0 Å². The molecule has 270 valence electrons. The van der Waals surface area contributed by atoms with Gasteiger partial charge in [-0.15, -0.1) is 0 Å². The molecule has 0 unspecified atom stereocenters. The molecule has 3 aromatic heterocycles. The molecule has 5 heteroatoms. The Balaban J connectivity index is 1.07. The molecule has 5 nitrogen and oxygen atoms in total. The number of para-hydroxylation sites is 2. The first-order chi connectivity index (χ1) is 28.7. The van der Waals surface area contributed by atoms with Crippen molar-refractivity contribution >= 4 is 65.2 Å². The lowest BCUT2D eigenvalue weighted by Gasteiger charge is -2.12. The zero-order valence-electron chi connectivity index (χ0n) is 31.3. The topological polar surface area (TPSA) is 48.5 Å². The van der Waals surface area contributed by atoms with Crippen molar-refractivity contribution in [3.63, 3.8) is 0 Å². The Labute approximate surface area is 333 Å². The Morgan fingerprint density at radius 3 is 1.55 bits per heavy atom. The SMILES string of the molecule is c1ccc(-c2nc(-c3ccccc3)nc(-c3ccc4cc(-n5c6cc7c8ccccc8n(-c8ccccc8)c7cc6c6c7ccccc7ccc65)ccc4c3)n2)cc1. The predicted octanol–water partition coefficient (Wildman–Crippen LogP) is 13.4. The highest BCUT2D eigenvalue weighted by Gasteiger charge is 2.20. The lowest BCUT2D eigenvalue weighted by molar-refractivity contribution is 1.07. The van der Waals surface area contributed by atoms with Crippen LogP contribution in [0, 0.1) is 0 Å². The van der Waals surface area contributed by atoms with Gasteiger partial charge in [-0.05, 0) is 76.1 Å². The van der Waals surface area contributed by atoms with Gasteiger partial charge in [0.15, 0.2) is 17.5 Å². The highest BCUT2D eigenvalue weighted by atomic mass is 15.0. The fourth-order valence-corrected chi connectivity index (χ4v) is 8.83. The molecule has 0 fully saturated rings. The van der Waals surface area contributed by atoms with Crippen LogP contribution in [0.15, 0.2) is 200 Å². The molecule has 12 aromatic rings. The van der Waals surface area contributed by atoms with Crippen LogP contribution in [0.1, 0.15) is 0 Å². The van der Waals surface area contributed by atoms with Crippen molar-refractivity contribution in [1.82, 2.24) is 24.1 Å². The van der Waals surface area contributed by atoms with Crippen molar-refractivity contribution in [2.75, 3.05) is 0 Å². The second-order valence-electron chi connectivity index (χ2n) is 14.9. The third kappa shape index (κ3) is 5.07. The summed E-state index contributed by atoms with van der Waals surface area (Å²) in [6, 6.07) is 71.1. The summed E-state index contributed by atoms with van der Waals surface area (Å²) in [4.78, 5) is 14.9. The summed E-state index contributed by atoms with van der Waals surface area (Å²) in [7, 11) is 0. The van der Waals surface area contributed by atoms with E-state index in [0.717, 1.165) is 38.8 Å². The van der Waals surface area contributed by atoms with Crippen LogP contribution < -0.4 is 0 Å². The molecule has 12 rings (SSSR count). The van der Waals surface area contributed by atoms with Crippen molar-refractivity contribution in [1.29, 1.82) is 0 Å². The molecule has 3 heterocycles. The molecule has 0 aliphatic carbocycles. The molecule has 0 amide bonds. The number of aromatic nitrogens is 5. The van der Waals surface area contributed by atoms with Crippen LogP contribution in [0.5, 0.6) is 0 Å². The second-order valence-corrected chi connectivity index (χ2v) is 14.9. The maximum atomic E-state index is 5.00. The molecule has 9 aromatic carbocycles. The Hall–Kier alpha value is -7.89. The quantitative estimate of drug-likeness (QED) is 0.177. The summed E-state index contributed by atoms with van der Waals surface area (Å²) < 4.78 is 4.85. The molecular weight excluding hydrogens is 707 g/mol. The van der Waals surface area contributed by atoms with E-state index in [1.165, 1.54) is 54.4 Å². The minimum atomic E-state index is 0.645. The molecular formula is C53H33N5. The fourth-order valence-electron chi connectivity index (χ4n) is 8.83. The van der Waals surface area contributed by atoms with E-state index in [0.29, 0.717) is 17.5 Å². The number of hydrogen-bond acceptors (Lipinski definition) is 3. The molecule has 0 saturated heterocycles.